The van der Waals surface area contributed by atoms with E-state index in [0.717, 1.165) is 11.1 Å². The first kappa shape index (κ1) is 18.7. The van der Waals surface area contributed by atoms with Gasteiger partial charge in [0.25, 0.3) is 0 Å². The number of hydrogen-bond donors (Lipinski definition) is 0. The minimum atomic E-state index is -0.337. The minimum Gasteiger partial charge on any atom is -0.486 e. The van der Waals surface area contributed by atoms with Gasteiger partial charge < -0.3 is 18.6 Å². The van der Waals surface area contributed by atoms with Gasteiger partial charge in [-0.3, -0.25) is 9.59 Å². The van der Waals surface area contributed by atoms with E-state index in [1.54, 1.807) is 12.1 Å². The first-order chi connectivity index (χ1) is 15.7. The molecule has 0 fully saturated rings. The third kappa shape index (κ3) is 2.95. The number of esters is 1. The fraction of sp³-hybridized carbons (Fsp3) is 0.154. The molecule has 32 heavy (non-hydrogen) atoms. The summed E-state index contributed by atoms with van der Waals surface area (Å²) in [6.45, 7) is 0.976. The van der Waals surface area contributed by atoms with Gasteiger partial charge in [-0.05, 0) is 35.4 Å². The van der Waals surface area contributed by atoms with E-state index in [0.29, 0.717) is 52.6 Å². The molecule has 2 aliphatic rings. The van der Waals surface area contributed by atoms with Crippen molar-refractivity contribution < 1.29 is 23.4 Å². The van der Waals surface area contributed by atoms with E-state index in [1.807, 2.05) is 48.5 Å². The Bertz CT molecular complexity index is 1420. The van der Waals surface area contributed by atoms with E-state index in [1.165, 1.54) is 6.26 Å². The maximum absolute atomic E-state index is 13.3. The van der Waals surface area contributed by atoms with Gasteiger partial charge in [-0.25, -0.2) is 0 Å². The van der Waals surface area contributed by atoms with Crippen LogP contribution in [0, 0.1) is 0 Å². The van der Waals surface area contributed by atoms with E-state index in [2.05, 4.69) is 0 Å². The van der Waals surface area contributed by atoms with Crippen LogP contribution >= 0.6 is 0 Å². The molecule has 0 unspecified atom stereocenters. The zero-order chi connectivity index (χ0) is 21.7. The smallest absolute Gasteiger partial charge is 0.312 e. The van der Waals surface area contributed by atoms with Gasteiger partial charge in [0.05, 0.1) is 17.4 Å². The van der Waals surface area contributed by atoms with E-state index < -0.39 is 0 Å². The highest BCUT2D eigenvalue weighted by Crippen LogP contribution is 2.44. The van der Waals surface area contributed by atoms with Crippen molar-refractivity contribution in [1.82, 2.24) is 0 Å². The summed E-state index contributed by atoms with van der Waals surface area (Å²) in [6.07, 6.45) is 1.62. The molecule has 0 bridgehead atoms. The number of carbonyl (C=O) groups excluding carboxylic acids is 1. The van der Waals surface area contributed by atoms with Crippen LogP contribution in [-0.4, -0.2) is 19.2 Å². The Hall–Kier alpha value is -4.06. The minimum absolute atomic E-state index is 0.127. The first-order valence-electron chi connectivity index (χ1n) is 10.4. The molecular weight excluding hydrogens is 408 g/mol. The maximum atomic E-state index is 13.3. The van der Waals surface area contributed by atoms with Gasteiger partial charge in [0.2, 0.25) is 5.43 Å². The maximum Gasteiger partial charge on any atom is 0.312 e. The molecule has 0 aliphatic carbocycles. The van der Waals surface area contributed by atoms with E-state index >= 15 is 0 Å². The van der Waals surface area contributed by atoms with Gasteiger partial charge in [-0.2, -0.15) is 0 Å². The first-order valence-corrected chi connectivity index (χ1v) is 10.4. The normalized spacial score (nSPS) is 17.0. The van der Waals surface area contributed by atoms with Crippen LogP contribution in [0.15, 0.2) is 76.1 Å². The highest BCUT2D eigenvalue weighted by Gasteiger charge is 2.33. The van der Waals surface area contributed by atoms with Crippen LogP contribution in [0.2, 0.25) is 0 Å². The quantitative estimate of drug-likeness (QED) is 0.343. The number of benzene rings is 3. The molecule has 3 aromatic carbocycles. The molecule has 1 atom stereocenters. The van der Waals surface area contributed by atoms with Crippen molar-refractivity contribution in [3.8, 4) is 28.4 Å². The topological polar surface area (TPSA) is 75.0 Å². The molecular formula is C26H18O6. The molecule has 0 radical (unpaired) electrons. The van der Waals surface area contributed by atoms with E-state index in [9.17, 15) is 9.59 Å². The summed E-state index contributed by atoms with van der Waals surface area (Å²) in [5.74, 6) is 1.05. The van der Waals surface area contributed by atoms with Crippen LogP contribution in [0.5, 0.6) is 17.2 Å². The number of carbonyl (C=O) groups is 1. The van der Waals surface area contributed by atoms with E-state index in [4.69, 9.17) is 18.6 Å². The number of fused-ring (bicyclic) bond motifs is 4. The molecule has 4 aromatic rings. The molecule has 6 rings (SSSR count). The van der Waals surface area contributed by atoms with Crippen LogP contribution in [0.3, 0.4) is 0 Å². The molecule has 0 saturated carbocycles. The third-order valence-electron chi connectivity index (χ3n) is 5.94. The van der Waals surface area contributed by atoms with Crippen molar-refractivity contribution >= 4 is 16.9 Å². The van der Waals surface area contributed by atoms with Gasteiger partial charge >= 0.3 is 5.97 Å². The molecule has 1 aromatic heterocycles. The molecule has 6 nitrogen and oxygen atoms in total. The monoisotopic (exact) mass is 426 g/mol. The van der Waals surface area contributed by atoms with Crippen LogP contribution < -0.4 is 19.6 Å². The Labute approximate surface area is 183 Å². The second-order valence-electron chi connectivity index (χ2n) is 7.83. The Kier molecular flexibility index (Phi) is 4.24. The van der Waals surface area contributed by atoms with Crippen molar-refractivity contribution in [1.29, 1.82) is 0 Å². The van der Waals surface area contributed by atoms with Crippen molar-refractivity contribution in [3.63, 3.8) is 0 Å². The average molecular weight is 426 g/mol. The average Bonchev–Trinajstić information content (AvgIpc) is 2.83. The largest absolute Gasteiger partial charge is 0.486 e. The number of hydrogen-bond acceptors (Lipinski definition) is 6. The number of ether oxygens (including phenoxy) is 3. The number of rotatable bonds is 2. The van der Waals surface area contributed by atoms with Crippen LogP contribution in [0.4, 0.5) is 0 Å². The van der Waals surface area contributed by atoms with Crippen LogP contribution in [-0.2, 0) is 4.79 Å². The Morgan fingerprint density at radius 1 is 0.812 bits per heavy atom. The van der Waals surface area contributed by atoms with Crippen LogP contribution in [0.1, 0.15) is 23.5 Å². The summed E-state index contributed by atoms with van der Waals surface area (Å²) in [7, 11) is 0. The fourth-order valence-corrected chi connectivity index (χ4v) is 4.43. The second kappa shape index (κ2) is 7.27. The van der Waals surface area contributed by atoms with Gasteiger partial charge in [0.15, 0.2) is 11.5 Å². The van der Waals surface area contributed by atoms with Crippen molar-refractivity contribution in [2.24, 2.45) is 0 Å². The molecule has 0 amide bonds. The van der Waals surface area contributed by atoms with Gasteiger partial charge in [-0.15, -0.1) is 0 Å². The molecule has 0 saturated heterocycles. The lowest BCUT2D eigenvalue weighted by Crippen LogP contribution is -2.22. The van der Waals surface area contributed by atoms with Crippen molar-refractivity contribution in [2.45, 2.75) is 12.3 Å². The molecule has 3 heterocycles. The molecule has 158 valence electrons. The summed E-state index contributed by atoms with van der Waals surface area (Å²) in [5.41, 5.74) is 3.14. The highest BCUT2D eigenvalue weighted by molar-refractivity contribution is 5.90. The van der Waals surface area contributed by atoms with E-state index in [-0.39, 0.29) is 23.7 Å². The molecule has 0 spiro atoms. The Morgan fingerprint density at radius 2 is 1.59 bits per heavy atom. The highest BCUT2D eigenvalue weighted by atomic mass is 16.6. The predicted molar refractivity (Wildman–Crippen MR) is 117 cm³/mol. The zero-order valence-corrected chi connectivity index (χ0v) is 17.0. The lowest BCUT2D eigenvalue weighted by atomic mass is 9.85. The summed E-state index contributed by atoms with van der Waals surface area (Å²) in [6, 6.07) is 18.4. The SMILES string of the molecule is O=C1C[C@H](c2ccc3c(c2)OCCO3)c2c(ccc3c(=O)c(-c4ccccc4)coc23)O1. The summed E-state index contributed by atoms with van der Waals surface area (Å²) in [5, 5.41) is 0.450. The van der Waals surface area contributed by atoms with Crippen molar-refractivity contribution in [2.75, 3.05) is 13.2 Å². The summed E-state index contributed by atoms with van der Waals surface area (Å²) < 4.78 is 22.9. The molecule has 6 heteroatoms. The lowest BCUT2D eigenvalue weighted by Gasteiger charge is -2.27. The lowest BCUT2D eigenvalue weighted by molar-refractivity contribution is -0.135. The standard InChI is InChI=1S/C26H18O6/c27-23-13-18(16-6-8-20-22(12-16)30-11-10-29-20)24-21(32-23)9-7-17-25(28)19(14-31-26(17)24)15-4-2-1-3-5-15/h1-9,12,14,18H,10-11,13H2/t18-/m1/s1. The fourth-order valence-electron chi connectivity index (χ4n) is 4.43. The van der Waals surface area contributed by atoms with Gasteiger partial charge in [0.1, 0.15) is 30.8 Å². The molecule has 2 aliphatic heterocycles. The second-order valence-corrected chi connectivity index (χ2v) is 7.83. The Morgan fingerprint density at radius 3 is 2.44 bits per heavy atom. The summed E-state index contributed by atoms with van der Waals surface area (Å²) >= 11 is 0. The third-order valence-corrected chi connectivity index (χ3v) is 5.94. The van der Waals surface area contributed by atoms with Crippen LogP contribution in [0.25, 0.3) is 22.1 Å². The zero-order valence-electron chi connectivity index (χ0n) is 17.0. The summed E-state index contributed by atoms with van der Waals surface area (Å²) in [4.78, 5) is 25.7. The Balaban J connectivity index is 1.54. The van der Waals surface area contributed by atoms with Crippen molar-refractivity contribution in [3.05, 3.63) is 88.3 Å². The molecule has 0 N–H and O–H groups in total. The van der Waals surface area contributed by atoms with Gasteiger partial charge in [-0.1, -0.05) is 36.4 Å². The predicted octanol–water partition coefficient (Wildman–Crippen LogP) is 4.67. The van der Waals surface area contributed by atoms with Gasteiger partial charge in [0, 0.05) is 11.5 Å².